The van der Waals surface area contributed by atoms with Gasteiger partial charge in [-0.1, -0.05) is 43.6 Å². The second-order valence-electron chi connectivity index (χ2n) is 3.07. The zero-order chi connectivity index (χ0) is 14.1. The Labute approximate surface area is 116 Å². The van der Waals surface area contributed by atoms with Gasteiger partial charge >= 0.3 is 5.97 Å². The van der Waals surface area contributed by atoms with E-state index in [1.54, 1.807) is 6.20 Å². The summed E-state index contributed by atoms with van der Waals surface area (Å²) in [5.74, 6) is -0.814. The van der Waals surface area contributed by atoms with E-state index in [-0.39, 0.29) is 6.42 Å². The Bertz CT molecular complexity index is 491. The molecule has 0 radical (unpaired) electrons. The SMILES string of the molecule is CC.CC.O=C(O)Cc1c[nH]c2ccc(Br)cc12. The van der Waals surface area contributed by atoms with E-state index in [1.165, 1.54) is 0 Å². The first kappa shape index (κ1) is 16.7. The Morgan fingerprint density at radius 1 is 1.28 bits per heavy atom. The highest BCUT2D eigenvalue weighted by Crippen LogP contribution is 2.22. The number of carboxylic acid groups (broad SMARTS) is 1. The number of halogens is 1. The predicted molar refractivity (Wildman–Crippen MR) is 80.0 cm³/mol. The maximum atomic E-state index is 10.6. The normalized spacial score (nSPS) is 8.94. The summed E-state index contributed by atoms with van der Waals surface area (Å²) in [7, 11) is 0. The minimum absolute atomic E-state index is 0.0520. The fourth-order valence-electron chi connectivity index (χ4n) is 1.46. The Kier molecular flexibility index (Phi) is 8.12. The van der Waals surface area contributed by atoms with Crippen molar-refractivity contribution in [2.24, 2.45) is 0 Å². The standard InChI is InChI=1S/C10H8BrNO2.2C2H6/c11-7-1-2-9-8(4-7)6(5-12-9)3-10(13)14;2*1-2/h1-2,4-5,12H,3H2,(H,13,14);2*1-2H3. The Morgan fingerprint density at radius 2 is 1.89 bits per heavy atom. The van der Waals surface area contributed by atoms with E-state index in [0.717, 1.165) is 20.9 Å². The molecule has 0 bridgehead atoms. The highest BCUT2D eigenvalue weighted by molar-refractivity contribution is 9.10. The summed E-state index contributed by atoms with van der Waals surface area (Å²) in [6, 6.07) is 5.76. The van der Waals surface area contributed by atoms with Gasteiger partial charge in [0, 0.05) is 21.6 Å². The van der Waals surface area contributed by atoms with Crippen molar-refractivity contribution in [1.82, 2.24) is 4.98 Å². The van der Waals surface area contributed by atoms with Gasteiger partial charge in [0.25, 0.3) is 0 Å². The molecule has 1 heterocycles. The summed E-state index contributed by atoms with van der Waals surface area (Å²) in [5.41, 5.74) is 1.78. The molecule has 2 rings (SSSR count). The van der Waals surface area contributed by atoms with Crippen LogP contribution in [0.4, 0.5) is 0 Å². The Balaban J connectivity index is 0.000000659. The summed E-state index contributed by atoms with van der Waals surface area (Å²) in [5, 5.41) is 9.65. The average molecular weight is 314 g/mol. The maximum absolute atomic E-state index is 10.6. The topological polar surface area (TPSA) is 53.1 Å². The number of H-pyrrole nitrogens is 1. The fraction of sp³-hybridized carbons (Fsp3) is 0.357. The van der Waals surface area contributed by atoms with Crippen LogP contribution in [0.3, 0.4) is 0 Å². The highest BCUT2D eigenvalue weighted by Gasteiger charge is 2.07. The average Bonchev–Trinajstić information content (AvgIpc) is 2.76. The van der Waals surface area contributed by atoms with Gasteiger partial charge in [-0.2, -0.15) is 0 Å². The third kappa shape index (κ3) is 4.53. The third-order valence-electron chi connectivity index (χ3n) is 2.07. The first-order valence-electron chi connectivity index (χ1n) is 6.14. The fourth-order valence-corrected chi connectivity index (χ4v) is 1.82. The zero-order valence-electron chi connectivity index (χ0n) is 11.2. The third-order valence-corrected chi connectivity index (χ3v) is 2.56. The van der Waals surface area contributed by atoms with Crippen LogP contribution >= 0.6 is 15.9 Å². The molecule has 0 amide bonds. The molecule has 0 spiro atoms. The van der Waals surface area contributed by atoms with Crippen LogP contribution in [-0.2, 0) is 11.2 Å². The van der Waals surface area contributed by atoms with Crippen molar-refractivity contribution < 1.29 is 9.90 Å². The Morgan fingerprint density at radius 3 is 2.44 bits per heavy atom. The smallest absolute Gasteiger partial charge is 0.307 e. The Hall–Kier alpha value is -1.29. The lowest BCUT2D eigenvalue weighted by Gasteiger charge is -1.95. The van der Waals surface area contributed by atoms with Crippen LogP contribution in [-0.4, -0.2) is 16.1 Å². The summed E-state index contributed by atoms with van der Waals surface area (Å²) in [6.07, 6.45) is 1.79. The van der Waals surface area contributed by atoms with Gasteiger partial charge in [-0.15, -0.1) is 0 Å². The van der Waals surface area contributed by atoms with Crippen molar-refractivity contribution in [2.45, 2.75) is 34.1 Å². The first-order chi connectivity index (χ1) is 8.66. The number of hydrogen-bond acceptors (Lipinski definition) is 1. The lowest BCUT2D eigenvalue weighted by molar-refractivity contribution is -0.136. The molecule has 3 nitrogen and oxygen atoms in total. The summed E-state index contributed by atoms with van der Waals surface area (Å²) >= 11 is 3.36. The van der Waals surface area contributed by atoms with E-state index in [4.69, 9.17) is 5.11 Å². The largest absolute Gasteiger partial charge is 0.481 e. The number of hydrogen-bond donors (Lipinski definition) is 2. The van der Waals surface area contributed by atoms with Gasteiger partial charge in [-0.25, -0.2) is 0 Å². The molecule has 0 fully saturated rings. The first-order valence-corrected chi connectivity index (χ1v) is 6.93. The summed E-state index contributed by atoms with van der Waals surface area (Å²) in [6.45, 7) is 8.00. The van der Waals surface area contributed by atoms with Crippen molar-refractivity contribution in [3.05, 3.63) is 34.4 Å². The van der Waals surface area contributed by atoms with Gasteiger partial charge in [0.15, 0.2) is 0 Å². The molecule has 1 aromatic carbocycles. The molecule has 2 aromatic rings. The van der Waals surface area contributed by atoms with E-state index >= 15 is 0 Å². The maximum Gasteiger partial charge on any atom is 0.307 e. The number of carbonyl (C=O) groups is 1. The predicted octanol–water partition coefficient (Wildman–Crippen LogP) is 4.61. The summed E-state index contributed by atoms with van der Waals surface area (Å²) in [4.78, 5) is 13.6. The van der Waals surface area contributed by atoms with Gasteiger partial charge in [0.05, 0.1) is 6.42 Å². The second kappa shape index (κ2) is 8.75. The number of nitrogens with one attached hydrogen (secondary N) is 1. The van der Waals surface area contributed by atoms with Gasteiger partial charge in [0.1, 0.15) is 0 Å². The lowest BCUT2D eigenvalue weighted by Crippen LogP contribution is -1.98. The highest BCUT2D eigenvalue weighted by atomic mass is 79.9. The van der Waals surface area contributed by atoms with Crippen molar-refractivity contribution in [3.8, 4) is 0 Å². The quantitative estimate of drug-likeness (QED) is 0.850. The van der Waals surface area contributed by atoms with E-state index in [9.17, 15) is 4.79 Å². The number of aromatic nitrogens is 1. The van der Waals surface area contributed by atoms with E-state index in [0.29, 0.717) is 0 Å². The van der Waals surface area contributed by atoms with Gasteiger partial charge in [-0.3, -0.25) is 4.79 Å². The number of benzene rings is 1. The zero-order valence-corrected chi connectivity index (χ0v) is 12.8. The molecule has 0 unspecified atom stereocenters. The van der Waals surface area contributed by atoms with Crippen LogP contribution in [0.5, 0.6) is 0 Å². The minimum atomic E-state index is -0.814. The molecule has 0 atom stereocenters. The molecule has 0 aliphatic rings. The number of aliphatic carboxylic acids is 1. The molecular formula is C14H20BrNO2. The van der Waals surface area contributed by atoms with Crippen LogP contribution in [0.25, 0.3) is 10.9 Å². The molecular weight excluding hydrogens is 294 g/mol. The monoisotopic (exact) mass is 313 g/mol. The lowest BCUT2D eigenvalue weighted by atomic mass is 10.1. The van der Waals surface area contributed by atoms with Crippen molar-refractivity contribution >= 4 is 32.8 Å². The van der Waals surface area contributed by atoms with E-state index in [1.807, 2.05) is 45.9 Å². The number of aromatic amines is 1. The molecule has 0 aliphatic heterocycles. The molecule has 4 heteroatoms. The van der Waals surface area contributed by atoms with Crippen LogP contribution in [0, 0.1) is 0 Å². The molecule has 18 heavy (non-hydrogen) atoms. The van der Waals surface area contributed by atoms with Gasteiger partial charge in [-0.05, 0) is 23.8 Å². The molecule has 1 aromatic heterocycles. The van der Waals surface area contributed by atoms with E-state index in [2.05, 4.69) is 20.9 Å². The number of carboxylic acids is 1. The summed E-state index contributed by atoms with van der Waals surface area (Å²) < 4.78 is 0.955. The van der Waals surface area contributed by atoms with Crippen LogP contribution in [0.15, 0.2) is 28.9 Å². The van der Waals surface area contributed by atoms with E-state index < -0.39 is 5.97 Å². The molecule has 0 aliphatic carbocycles. The molecule has 0 saturated carbocycles. The molecule has 100 valence electrons. The van der Waals surface area contributed by atoms with Crippen LogP contribution < -0.4 is 0 Å². The van der Waals surface area contributed by atoms with Gasteiger partial charge < -0.3 is 10.1 Å². The van der Waals surface area contributed by atoms with Crippen molar-refractivity contribution in [1.29, 1.82) is 0 Å². The molecule has 0 saturated heterocycles. The molecule has 2 N–H and O–H groups in total. The van der Waals surface area contributed by atoms with Crippen molar-refractivity contribution in [2.75, 3.05) is 0 Å². The van der Waals surface area contributed by atoms with Crippen molar-refractivity contribution in [3.63, 3.8) is 0 Å². The van der Waals surface area contributed by atoms with Crippen LogP contribution in [0.1, 0.15) is 33.3 Å². The van der Waals surface area contributed by atoms with Gasteiger partial charge in [0.2, 0.25) is 0 Å². The number of fused-ring (bicyclic) bond motifs is 1. The second-order valence-corrected chi connectivity index (χ2v) is 3.99. The number of rotatable bonds is 2. The van der Waals surface area contributed by atoms with Crippen LogP contribution in [0.2, 0.25) is 0 Å². The minimum Gasteiger partial charge on any atom is -0.481 e.